The predicted molar refractivity (Wildman–Crippen MR) is 91.4 cm³/mol. The minimum Gasteiger partial charge on any atom is -0.477 e. The van der Waals surface area contributed by atoms with Crippen molar-refractivity contribution in [1.82, 2.24) is 14.9 Å². The maximum absolute atomic E-state index is 12.7. The first-order valence-electron chi connectivity index (χ1n) is 8.46. The van der Waals surface area contributed by atoms with Gasteiger partial charge in [0.15, 0.2) is 6.10 Å². The lowest BCUT2D eigenvalue weighted by Gasteiger charge is -2.34. The van der Waals surface area contributed by atoms with Crippen molar-refractivity contribution in [2.75, 3.05) is 11.4 Å². The number of hydrogen-bond donors (Lipinski definition) is 1. The smallest absolute Gasteiger partial charge is 0.263 e. The first-order valence-corrected chi connectivity index (χ1v) is 8.46. The second-order valence-corrected chi connectivity index (χ2v) is 6.44. The molecule has 3 heterocycles. The fourth-order valence-electron chi connectivity index (χ4n) is 3.45. The molecule has 2 aromatic rings. The van der Waals surface area contributed by atoms with Crippen molar-refractivity contribution in [2.24, 2.45) is 0 Å². The number of amides is 2. The SMILES string of the molecule is CC(=O)N1C[C@H](C(=O)N[C@@H]2CCc3nccn3C2)Oc2ccccc21. The van der Waals surface area contributed by atoms with Crippen LogP contribution in [0.1, 0.15) is 19.2 Å². The molecule has 1 N–H and O–H groups in total. The maximum Gasteiger partial charge on any atom is 0.263 e. The molecular weight excluding hydrogens is 320 g/mol. The summed E-state index contributed by atoms with van der Waals surface area (Å²) in [6.45, 7) is 2.43. The normalized spacial score (nSPS) is 21.7. The Labute approximate surface area is 145 Å². The lowest BCUT2D eigenvalue weighted by Crippen LogP contribution is -2.53. The van der Waals surface area contributed by atoms with E-state index in [0.717, 1.165) is 18.7 Å². The van der Waals surface area contributed by atoms with Gasteiger partial charge < -0.3 is 19.5 Å². The molecule has 2 aliphatic heterocycles. The summed E-state index contributed by atoms with van der Waals surface area (Å²) in [5.41, 5.74) is 0.708. The molecule has 130 valence electrons. The molecule has 0 saturated heterocycles. The van der Waals surface area contributed by atoms with Gasteiger partial charge in [-0.05, 0) is 18.6 Å². The highest BCUT2D eigenvalue weighted by Gasteiger charge is 2.33. The fourth-order valence-corrected chi connectivity index (χ4v) is 3.45. The third-order valence-corrected chi connectivity index (χ3v) is 4.73. The van der Waals surface area contributed by atoms with Crippen molar-refractivity contribution < 1.29 is 14.3 Å². The Balaban J connectivity index is 1.47. The molecule has 0 aliphatic carbocycles. The Morgan fingerprint density at radius 3 is 2.96 bits per heavy atom. The van der Waals surface area contributed by atoms with Gasteiger partial charge in [-0.3, -0.25) is 9.59 Å². The number of aryl methyl sites for hydroxylation is 1. The Bertz CT molecular complexity index is 816. The van der Waals surface area contributed by atoms with E-state index in [1.54, 1.807) is 17.2 Å². The van der Waals surface area contributed by atoms with Crippen LogP contribution < -0.4 is 15.0 Å². The molecule has 7 nitrogen and oxygen atoms in total. The Hall–Kier alpha value is -2.83. The summed E-state index contributed by atoms with van der Waals surface area (Å²) >= 11 is 0. The Morgan fingerprint density at radius 2 is 2.12 bits per heavy atom. The molecule has 2 atom stereocenters. The van der Waals surface area contributed by atoms with Crippen LogP contribution >= 0.6 is 0 Å². The zero-order valence-corrected chi connectivity index (χ0v) is 14.0. The number of carbonyl (C=O) groups excluding carboxylic acids is 2. The number of rotatable bonds is 2. The van der Waals surface area contributed by atoms with Crippen LogP contribution in [0.4, 0.5) is 5.69 Å². The van der Waals surface area contributed by atoms with Crippen molar-refractivity contribution in [2.45, 2.75) is 38.5 Å². The van der Waals surface area contributed by atoms with Gasteiger partial charge in [0, 0.05) is 38.3 Å². The highest BCUT2D eigenvalue weighted by Crippen LogP contribution is 2.33. The largest absolute Gasteiger partial charge is 0.477 e. The van der Waals surface area contributed by atoms with Gasteiger partial charge in [0.05, 0.1) is 12.2 Å². The molecule has 1 aromatic heterocycles. The molecule has 0 unspecified atom stereocenters. The Kier molecular flexibility index (Phi) is 3.91. The molecule has 0 spiro atoms. The van der Waals surface area contributed by atoms with Crippen LogP contribution in [0.25, 0.3) is 0 Å². The van der Waals surface area contributed by atoms with Crippen molar-refractivity contribution in [1.29, 1.82) is 0 Å². The van der Waals surface area contributed by atoms with Crippen LogP contribution in [0.2, 0.25) is 0 Å². The second kappa shape index (κ2) is 6.23. The maximum atomic E-state index is 12.7. The van der Waals surface area contributed by atoms with Crippen molar-refractivity contribution in [3.63, 3.8) is 0 Å². The number of hydrogen-bond acceptors (Lipinski definition) is 4. The van der Waals surface area contributed by atoms with E-state index in [1.807, 2.05) is 24.4 Å². The number of aromatic nitrogens is 2. The van der Waals surface area contributed by atoms with Crippen LogP contribution in [0.3, 0.4) is 0 Å². The highest BCUT2D eigenvalue weighted by atomic mass is 16.5. The molecule has 1 aromatic carbocycles. The molecule has 0 bridgehead atoms. The van der Waals surface area contributed by atoms with Crippen LogP contribution in [0.5, 0.6) is 5.75 Å². The summed E-state index contributed by atoms with van der Waals surface area (Å²) in [5.74, 6) is 1.32. The topological polar surface area (TPSA) is 76.5 Å². The monoisotopic (exact) mass is 340 g/mol. The van der Waals surface area contributed by atoms with Gasteiger partial charge >= 0.3 is 0 Å². The zero-order valence-electron chi connectivity index (χ0n) is 14.0. The van der Waals surface area contributed by atoms with Crippen LogP contribution in [-0.4, -0.2) is 40.1 Å². The third kappa shape index (κ3) is 2.97. The van der Waals surface area contributed by atoms with E-state index < -0.39 is 6.10 Å². The molecule has 4 rings (SSSR count). The molecule has 2 aliphatic rings. The lowest BCUT2D eigenvalue weighted by molar-refractivity contribution is -0.129. The summed E-state index contributed by atoms with van der Waals surface area (Å²) in [4.78, 5) is 30.5. The summed E-state index contributed by atoms with van der Waals surface area (Å²) in [6, 6.07) is 7.33. The number of benzene rings is 1. The number of fused-ring (bicyclic) bond motifs is 2. The van der Waals surface area contributed by atoms with Gasteiger partial charge in [0.2, 0.25) is 5.91 Å². The number of nitrogens with zero attached hydrogens (tertiary/aromatic N) is 3. The van der Waals surface area contributed by atoms with E-state index in [2.05, 4.69) is 14.9 Å². The first kappa shape index (κ1) is 15.7. The molecule has 7 heteroatoms. The lowest BCUT2D eigenvalue weighted by atomic mass is 10.1. The standard InChI is InChI=1S/C18H20N4O3/c1-12(23)22-11-16(25-15-5-3-2-4-14(15)22)18(24)20-13-6-7-17-19-8-9-21(17)10-13/h2-5,8-9,13,16H,6-7,10-11H2,1H3,(H,20,24)/t13-,16-/m1/s1. The molecule has 25 heavy (non-hydrogen) atoms. The quantitative estimate of drug-likeness (QED) is 0.889. The van der Waals surface area contributed by atoms with E-state index in [-0.39, 0.29) is 24.4 Å². The molecule has 0 saturated carbocycles. The first-order chi connectivity index (χ1) is 12.1. The Morgan fingerprint density at radius 1 is 1.28 bits per heavy atom. The van der Waals surface area contributed by atoms with E-state index in [4.69, 9.17) is 4.74 Å². The van der Waals surface area contributed by atoms with Gasteiger partial charge in [0.25, 0.3) is 5.91 Å². The average Bonchev–Trinajstić information content (AvgIpc) is 3.08. The number of ether oxygens (including phenoxy) is 1. The number of nitrogens with one attached hydrogen (secondary N) is 1. The van der Waals surface area contributed by atoms with E-state index >= 15 is 0 Å². The summed E-state index contributed by atoms with van der Waals surface area (Å²) in [6.07, 6.45) is 4.70. The summed E-state index contributed by atoms with van der Waals surface area (Å²) < 4.78 is 7.91. The van der Waals surface area contributed by atoms with Gasteiger partial charge in [-0.25, -0.2) is 4.98 Å². The van der Waals surface area contributed by atoms with E-state index in [9.17, 15) is 9.59 Å². The minimum absolute atomic E-state index is 0.0424. The molecule has 0 fully saturated rings. The van der Waals surface area contributed by atoms with Crippen LogP contribution in [0.15, 0.2) is 36.7 Å². The molecular formula is C18H20N4O3. The van der Waals surface area contributed by atoms with Crippen molar-refractivity contribution in [3.8, 4) is 5.75 Å². The number of imidazole rings is 1. The van der Waals surface area contributed by atoms with E-state index in [0.29, 0.717) is 18.0 Å². The molecule has 0 radical (unpaired) electrons. The van der Waals surface area contributed by atoms with Gasteiger partial charge in [-0.2, -0.15) is 0 Å². The number of para-hydroxylation sites is 2. The van der Waals surface area contributed by atoms with Crippen molar-refractivity contribution >= 4 is 17.5 Å². The fraction of sp³-hybridized carbons (Fsp3) is 0.389. The van der Waals surface area contributed by atoms with Crippen molar-refractivity contribution in [3.05, 3.63) is 42.5 Å². The van der Waals surface area contributed by atoms with Crippen LogP contribution in [0, 0.1) is 0 Å². The van der Waals surface area contributed by atoms with Gasteiger partial charge in [-0.15, -0.1) is 0 Å². The van der Waals surface area contributed by atoms with Gasteiger partial charge in [0.1, 0.15) is 11.6 Å². The number of anilines is 1. The second-order valence-electron chi connectivity index (χ2n) is 6.44. The summed E-state index contributed by atoms with van der Waals surface area (Å²) in [5, 5.41) is 3.06. The minimum atomic E-state index is -0.706. The summed E-state index contributed by atoms with van der Waals surface area (Å²) in [7, 11) is 0. The van der Waals surface area contributed by atoms with E-state index in [1.165, 1.54) is 6.92 Å². The zero-order chi connectivity index (χ0) is 17.4. The predicted octanol–water partition coefficient (Wildman–Crippen LogP) is 1.13. The highest BCUT2D eigenvalue weighted by molar-refractivity contribution is 5.95. The average molecular weight is 340 g/mol. The third-order valence-electron chi connectivity index (χ3n) is 4.73. The van der Waals surface area contributed by atoms with Crippen LogP contribution in [-0.2, 0) is 22.6 Å². The number of carbonyl (C=O) groups is 2. The van der Waals surface area contributed by atoms with Gasteiger partial charge in [-0.1, -0.05) is 12.1 Å². The molecule has 2 amide bonds.